The van der Waals surface area contributed by atoms with Gasteiger partial charge < -0.3 is 10.6 Å². The number of hydrogen-bond donors (Lipinski definition) is 2. The van der Waals surface area contributed by atoms with Crippen LogP contribution in [-0.4, -0.2) is 4.99 Å². The van der Waals surface area contributed by atoms with E-state index in [0.29, 0.717) is 15.6 Å². The first-order valence-corrected chi connectivity index (χ1v) is 12.3. The number of nitrogens with zero attached hydrogens (tertiary/aromatic N) is 1. The molecule has 3 nitrogen and oxygen atoms in total. The number of anilines is 1. The maximum absolute atomic E-state index is 10.5. The van der Waals surface area contributed by atoms with Crippen molar-refractivity contribution in [2.45, 2.75) is 5.92 Å². The Balaban J connectivity index is 1.76. The number of rotatable bonds is 5. The molecule has 5 rings (SSSR count). The van der Waals surface area contributed by atoms with Crippen LogP contribution in [0.5, 0.6) is 0 Å². The van der Waals surface area contributed by atoms with E-state index in [4.69, 9.17) is 23.8 Å². The van der Waals surface area contributed by atoms with Gasteiger partial charge in [0.15, 0.2) is 0 Å². The maximum Gasteiger partial charge on any atom is 0.110 e. The van der Waals surface area contributed by atoms with E-state index < -0.39 is 0 Å². The smallest absolute Gasteiger partial charge is 0.110 e. The topological polar surface area (TPSA) is 47.9 Å². The maximum atomic E-state index is 10.5. The predicted octanol–water partition coefficient (Wildman–Crippen LogP) is 7.81. The van der Waals surface area contributed by atoms with Crippen LogP contribution in [0.15, 0.2) is 126 Å². The fourth-order valence-electron chi connectivity index (χ4n) is 4.43. The van der Waals surface area contributed by atoms with Crippen LogP contribution in [0.1, 0.15) is 22.6 Å². The molecular weight excluding hydrogens is 482 g/mol. The van der Waals surface area contributed by atoms with Crippen molar-refractivity contribution in [3.63, 3.8) is 0 Å². The Morgan fingerprint density at radius 2 is 1.31 bits per heavy atom. The number of hydrogen-bond acceptors (Lipinski definition) is 3. The first kappa shape index (κ1) is 23.6. The van der Waals surface area contributed by atoms with Crippen molar-refractivity contribution in [1.29, 1.82) is 5.26 Å². The minimum atomic E-state index is -0.373. The number of nitrogens with one attached hydrogen (secondary N) is 2. The summed E-state index contributed by atoms with van der Waals surface area (Å²) in [4.78, 5) is 0.548. The first-order valence-electron chi connectivity index (χ1n) is 11.5. The molecule has 0 radical (unpaired) electrons. The SMILES string of the molecule is N#CC1=C(c2ccccc2)NC(c2ccc(Cl)cc2)=C(C(=S)Nc2ccccc2)[C@@H]1c1ccccc1. The Morgan fingerprint density at radius 1 is 0.750 bits per heavy atom. The highest BCUT2D eigenvalue weighted by Crippen LogP contribution is 2.43. The van der Waals surface area contributed by atoms with Crippen LogP contribution in [0.3, 0.4) is 0 Å². The molecule has 1 heterocycles. The largest absolute Gasteiger partial charge is 0.353 e. The zero-order valence-electron chi connectivity index (χ0n) is 19.3. The lowest BCUT2D eigenvalue weighted by atomic mass is 9.78. The lowest BCUT2D eigenvalue weighted by Gasteiger charge is -2.33. The Kier molecular flexibility index (Phi) is 6.95. The predicted molar refractivity (Wildman–Crippen MR) is 152 cm³/mol. The number of nitriles is 1. The van der Waals surface area contributed by atoms with E-state index >= 15 is 0 Å². The Bertz CT molecular complexity index is 1490. The van der Waals surface area contributed by atoms with Gasteiger partial charge in [0.1, 0.15) is 4.99 Å². The highest BCUT2D eigenvalue weighted by atomic mass is 35.5. The average molecular weight is 504 g/mol. The van der Waals surface area contributed by atoms with Crippen LogP contribution in [-0.2, 0) is 0 Å². The molecule has 4 aromatic rings. The molecule has 0 bridgehead atoms. The first-order chi connectivity index (χ1) is 17.7. The standard InChI is InChI=1S/C31H22ClN3S/c32-24-18-16-23(17-19-24)30-28(31(36)34-25-14-8-3-9-15-25)27(21-10-4-1-5-11-21)26(20-33)29(35-30)22-12-6-2-7-13-22/h1-19,27,35H,(H,34,36)/t27-/m1/s1. The van der Waals surface area contributed by atoms with Crippen molar-refractivity contribution in [3.8, 4) is 6.07 Å². The average Bonchev–Trinajstić information content (AvgIpc) is 2.94. The van der Waals surface area contributed by atoms with Gasteiger partial charge in [0.2, 0.25) is 0 Å². The molecule has 0 aliphatic carbocycles. The lowest BCUT2D eigenvalue weighted by Crippen LogP contribution is -2.30. The summed E-state index contributed by atoms with van der Waals surface area (Å²) >= 11 is 12.2. The van der Waals surface area contributed by atoms with E-state index in [0.717, 1.165) is 39.3 Å². The second-order valence-corrected chi connectivity index (χ2v) is 9.20. The summed E-state index contributed by atoms with van der Waals surface area (Å²) in [5.41, 5.74) is 6.78. The summed E-state index contributed by atoms with van der Waals surface area (Å²) < 4.78 is 0. The summed E-state index contributed by atoms with van der Waals surface area (Å²) in [5.74, 6) is -0.373. The van der Waals surface area contributed by atoms with Crippen molar-refractivity contribution in [3.05, 3.63) is 148 Å². The molecule has 36 heavy (non-hydrogen) atoms. The van der Waals surface area contributed by atoms with Crippen molar-refractivity contribution in [2.24, 2.45) is 0 Å². The van der Waals surface area contributed by atoms with Crippen LogP contribution < -0.4 is 10.6 Å². The van der Waals surface area contributed by atoms with E-state index in [1.54, 1.807) is 0 Å². The van der Waals surface area contributed by atoms with E-state index in [-0.39, 0.29) is 5.92 Å². The Morgan fingerprint density at radius 3 is 1.92 bits per heavy atom. The fourth-order valence-corrected chi connectivity index (χ4v) is 4.90. The van der Waals surface area contributed by atoms with Crippen LogP contribution in [0.2, 0.25) is 5.02 Å². The zero-order chi connectivity index (χ0) is 24.9. The molecule has 0 fully saturated rings. The van der Waals surface area contributed by atoms with Crippen molar-refractivity contribution >= 4 is 45.9 Å². The van der Waals surface area contributed by atoms with E-state index in [2.05, 4.69) is 16.7 Å². The van der Waals surface area contributed by atoms with Crippen molar-refractivity contribution in [2.75, 3.05) is 5.32 Å². The van der Waals surface area contributed by atoms with Gasteiger partial charge in [0.05, 0.1) is 29.0 Å². The zero-order valence-corrected chi connectivity index (χ0v) is 20.9. The molecule has 0 spiro atoms. The number of dihydropyridines is 1. The number of halogens is 1. The van der Waals surface area contributed by atoms with E-state index in [1.807, 2.05) is 115 Å². The normalized spacial score (nSPS) is 15.2. The molecule has 5 heteroatoms. The third-order valence-corrected chi connectivity index (χ3v) is 6.66. The van der Waals surface area contributed by atoms with Crippen molar-refractivity contribution < 1.29 is 0 Å². The number of para-hydroxylation sites is 1. The summed E-state index contributed by atoms with van der Waals surface area (Å²) in [6.07, 6.45) is 0. The van der Waals surface area contributed by atoms with Gasteiger partial charge >= 0.3 is 0 Å². The summed E-state index contributed by atoms with van der Waals surface area (Å²) in [5, 5.41) is 18.1. The van der Waals surface area contributed by atoms with Crippen LogP contribution in [0.4, 0.5) is 5.69 Å². The Hall–Kier alpha value is -4.17. The molecule has 0 saturated heterocycles. The minimum absolute atomic E-state index is 0.373. The summed E-state index contributed by atoms with van der Waals surface area (Å²) in [6.45, 7) is 0. The monoisotopic (exact) mass is 503 g/mol. The molecule has 0 unspecified atom stereocenters. The molecule has 0 saturated carbocycles. The highest BCUT2D eigenvalue weighted by molar-refractivity contribution is 7.81. The van der Waals surface area contributed by atoms with Gasteiger partial charge in [-0.05, 0) is 41.0 Å². The van der Waals surface area contributed by atoms with Crippen LogP contribution >= 0.6 is 23.8 Å². The molecule has 2 N–H and O–H groups in total. The number of thiocarbonyl (C=S) groups is 1. The molecule has 0 amide bonds. The molecule has 174 valence electrons. The van der Waals surface area contributed by atoms with Gasteiger partial charge in [-0.15, -0.1) is 0 Å². The highest BCUT2D eigenvalue weighted by Gasteiger charge is 2.35. The quantitative estimate of drug-likeness (QED) is 0.272. The van der Waals surface area contributed by atoms with Gasteiger partial charge in [-0.25, -0.2) is 0 Å². The molecule has 1 aliphatic heterocycles. The molecule has 1 aliphatic rings. The second-order valence-electron chi connectivity index (χ2n) is 8.35. The van der Waals surface area contributed by atoms with Crippen LogP contribution in [0.25, 0.3) is 11.4 Å². The number of allylic oxidation sites excluding steroid dienone is 1. The van der Waals surface area contributed by atoms with E-state index in [9.17, 15) is 5.26 Å². The minimum Gasteiger partial charge on any atom is -0.353 e. The Labute approximate surface area is 221 Å². The van der Waals surface area contributed by atoms with Gasteiger partial charge in [-0.2, -0.15) is 5.26 Å². The molecular formula is C31H22ClN3S. The van der Waals surface area contributed by atoms with Gasteiger partial charge in [0.25, 0.3) is 0 Å². The summed E-state index contributed by atoms with van der Waals surface area (Å²) in [6, 6.07) is 39.9. The second kappa shape index (κ2) is 10.6. The number of benzene rings is 4. The molecule has 1 atom stereocenters. The lowest BCUT2D eigenvalue weighted by molar-refractivity contribution is 0.949. The van der Waals surface area contributed by atoms with Crippen LogP contribution in [0, 0.1) is 11.3 Å². The third-order valence-electron chi connectivity index (χ3n) is 6.09. The molecule has 4 aromatic carbocycles. The fraction of sp³-hybridized carbons (Fsp3) is 0.0323. The summed E-state index contributed by atoms with van der Waals surface area (Å²) in [7, 11) is 0. The van der Waals surface area contributed by atoms with Crippen molar-refractivity contribution in [1.82, 2.24) is 5.32 Å². The molecule has 0 aromatic heterocycles. The van der Waals surface area contributed by atoms with E-state index in [1.165, 1.54) is 0 Å². The van der Waals surface area contributed by atoms with Gasteiger partial charge in [-0.3, -0.25) is 0 Å². The van der Waals surface area contributed by atoms with Gasteiger partial charge in [0, 0.05) is 16.3 Å². The third kappa shape index (κ3) is 4.81. The van der Waals surface area contributed by atoms with Gasteiger partial charge in [-0.1, -0.05) is 115 Å².